The Hall–Kier alpha value is -0.130. The van der Waals surface area contributed by atoms with Crippen LogP contribution in [0.15, 0.2) is 28.7 Å². The van der Waals surface area contributed by atoms with Crippen molar-refractivity contribution in [3.8, 4) is 0 Å². The largest absolute Gasteiger partial charge is 0.396 e. The predicted octanol–water partition coefficient (Wildman–Crippen LogP) is 2.20. The van der Waals surface area contributed by atoms with Crippen LogP contribution in [0.3, 0.4) is 0 Å². The van der Waals surface area contributed by atoms with Crippen molar-refractivity contribution >= 4 is 28.3 Å². The van der Waals surface area contributed by atoms with Gasteiger partial charge in [0.05, 0.1) is 0 Å². The average Bonchev–Trinajstić information content (AvgIpc) is 2.37. The van der Waals surface area contributed by atoms with Gasteiger partial charge in [-0.1, -0.05) is 28.1 Å². The minimum atomic E-state index is 0. The fourth-order valence-electron chi connectivity index (χ4n) is 2.39. The molecule has 1 aliphatic rings. The van der Waals surface area contributed by atoms with Gasteiger partial charge in [0.25, 0.3) is 0 Å². The highest BCUT2D eigenvalue weighted by Gasteiger charge is 2.21. The summed E-state index contributed by atoms with van der Waals surface area (Å²) >= 11 is 3.51. The Kier molecular flexibility index (Phi) is 7.19. The van der Waals surface area contributed by atoms with E-state index in [1.807, 2.05) is 6.07 Å². The Morgan fingerprint density at radius 2 is 2.06 bits per heavy atom. The van der Waals surface area contributed by atoms with E-state index in [0.29, 0.717) is 6.04 Å². The Balaban J connectivity index is 0.00000162. The van der Waals surface area contributed by atoms with Gasteiger partial charge < -0.3 is 10.4 Å². The van der Waals surface area contributed by atoms with Crippen molar-refractivity contribution in [3.63, 3.8) is 0 Å². The highest BCUT2D eigenvalue weighted by molar-refractivity contribution is 9.10. The van der Waals surface area contributed by atoms with E-state index in [2.05, 4.69) is 44.3 Å². The molecular weight excluding hydrogens is 316 g/mol. The van der Waals surface area contributed by atoms with Gasteiger partial charge in [0.1, 0.15) is 0 Å². The normalized spacial score (nSPS) is 18.1. The fraction of sp³-hybridized carbons (Fsp3) is 0.538. The van der Waals surface area contributed by atoms with Gasteiger partial charge in [0.2, 0.25) is 0 Å². The van der Waals surface area contributed by atoms with E-state index in [1.54, 1.807) is 0 Å². The molecule has 1 aromatic rings. The van der Waals surface area contributed by atoms with Crippen LogP contribution in [-0.2, 0) is 0 Å². The third-order valence-electron chi connectivity index (χ3n) is 3.23. The average molecular weight is 336 g/mol. The zero-order chi connectivity index (χ0) is 12.1. The number of halogens is 2. The molecular formula is C13H20BrClN2O. The molecule has 0 unspecified atom stereocenters. The highest BCUT2D eigenvalue weighted by Crippen LogP contribution is 2.26. The van der Waals surface area contributed by atoms with Crippen LogP contribution in [0.2, 0.25) is 0 Å². The zero-order valence-corrected chi connectivity index (χ0v) is 12.7. The van der Waals surface area contributed by atoms with Crippen molar-refractivity contribution in [2.75, 3.05) is 32.8 Å². The van der Waals surface area contributed by atoms with Gasteiger partial charge >= 0.3 is 0 Å². The number of hydrogen-bond acceptors (Lipinski definition) is 3. The quantitative estimate of drug-likeness (QED) is 0.885. The van der Waals surface area contributed by atoms with Crippen LogP contribution >= 0.6 is 28.3 Å². The predicted molar refractivity (Wildman–Crippen MR) is 80.3 cm³/mol. The topological polar surface area (TPSA) is 35.5 Å². The van der Waals surface area contributed by atoms with Gasteiger partial charge in [-0.15, -0.1) is 12.4 Å². The van der Waals surface area contributed by atoms with Crippen molar-refractivity contribution in [2.24, 2.45) is 0 Å². The summed E-state index contributed by atoms with van der Waals surface area (Å²) in [6.45, 7) is 4.42. The lowest BCUT2D eigenvalue weighted by Gasteiger charge is -2.35. The molecule has 3 nitrogen and oxygen atoms in total. The summed E-state index contributed by atoms with van der Waals surface area (Å²) in [5.74, 6) is 0. The molecule has 0 bridgehead atoms. The van der Waals surface area contributed by atoms with E-state index in [0.717, 1.165) is 37.1 Å². The highest BCUT2D eigenvalue weighted by atomic mass is 79.9. The summed E-state index contributed by atoms with van der Waals surface area (Å²) in [7, 11) is 0. The lowest BCUT2D eigenvalue weighted by Crippen LogP contribution is -2.45. The number of aliphatic hydroxyl groups is 1. The lowest BCUT2D eigenvalue weighted by molar-refractivity contribution is 0.141. The monoisotopic (exact) mass is 334 g/mol. The van der Waals surface area contributed by atoms with E-state index in [9.17, 15) is 5.11 Å². The van der Waals surface area contributed by atoms with Gasteiger partial charge in [-0.05, 0) is 24.1 Å². The van der Waals surface area contributed by atoms with Crippen molar-refractivity contribution in [1.29, 1.82) is 0 Å². The maximum absolute atomic E-state index is 9.24. The molecule has 0 amide bonds. The number of piperazine rings is 1. The molecule has 0 aliphatic carbocycles. The number of nitrogens with one attached hydrogen (secondary N) is 1. The summed E-state index contributed by atoms with van der Waals surface area (Å²) in [5, 5.41) is 12.6. The molecule has 2 N–H and O–H groups in total. The molecule has 1 atom stereocenters. The maximum Gasteiger partial charge on any atom is 0.0449 e. The van der Waals surface area contributed by atoms with Gasteiger partial charge in [0.15, 0.2) is 0 Å². The number of aliphatic hydroxyl groups excluding tert-OH is 1. The standard InChI is InChI=1S/C13H19BrN2O.ClH/c14-12-3-1-2-11(10-12)13(4-9-17)16-7-5-15-6-8-16;/h1-3,10,13,15,17H,4-9H2;1H/t13-;/m1./s1. The fourth-order valence-corrected chi connectivity index (χ4v) is 2.81. The van der Waals surface area contributed by atoms with Crippen LogP contribution in [0.5, 0.6) is 0 Å². The molecule has 0 saturated carbocycles. The molecule has 1 saturated heterocycles. The molecule has 5 heteroatoms. The third kappa shape index (κ3) is 4.21. The molecule has 0 radical (unpaired) electrons. The van der Waals surface area contributed by atoms with E-state index in [1.165, 1.54) is 5.56 Å². The van der Waals surface area contributed by atoms with Gasteiger partial charge in [-0.3, -0.25) is 4.90 Å². The molecule has 102 valence electrons. The van der Waals surface area contributed by atoms with Gasteiger partial charge in [0, 0.05) is 43.3 Å². The van der Waals surface area contributed by atoms with Crippen molar-refractivity contribution in [3.05, 3.63) is 34.3 Å². The van der Waals surface area contributed by atoms with Crippen LogP contribution in [0.25, 0.3) is 0 Å². The smallest absolute Gasteiger partial charge is 0.0449 e. The van der Waals surface area contributed by atoms with Crippen molar-refractivity contribution < 1.29 is 5.11 Å². The summed E-state index contributed by atoms with van der Waals surface area (Å²) in [6, 6.07) is 8.73. The van der Waals surface area contributed by atoms with Gasteiger partial charge in [-0.2, -0.15) is 0 Å². The lowest BCUT2D eigenvalue weighted by atomic mass is 10.0. The van der Waals surface area contributed by atoms with E-state index >= 15 is 0 Å². The van der Waals surface area contributed by atoms with E-state index in [4.69, 9.17) is 0 Å². The summed E-state index contributed by atoms with van der Waals surface area (Å²) in [6.07, 6.45) is 0.802. The number of rotatable bonds is 4. The van der Waals surface area contributed by atoms with Crippen LogP contribution in [0.4, 0.5) is 0 Å². The van der Waals surface area contributed by atoms with Crippen LogP contribution in [-0.4, -0.2) is 42.8 Å². The Bertz CT molecular complexity index is 359. The van der Waals surface area contributed by atoms with Crippen molar-refractivity contribution in [2.45, 2.75) is 12.5 Å². The Morgan fingerprint density at radius 3 is 2.67 bits per heavy atom. The second-order valence-corrected chi connectivity index (χ2v) is 5.28. The molecule has 1 fully saturated rings. The zero-order valence-electron chi connectivity index (χ0n) is 10.3. The first-order valence-corrected chi connectivity index (χ1v) is 6.91. The maximum atomic E-state index is 9.24. The minimum Gasteiger partial charge on any atom is -0.396 e. The first-order valence-electron chi connectivity index (χ1n) is 6.12. The Labute approximate surface area is 123 Å². The summed E-state index contributed by atoms with van der Waals surface area (Å²) in [4.78, 5) is 2.45. The van der Waals surface area contributed by atoms with Crippen LogP contribution in [0, 0.1) is 0 Å². The molecule has 18 heavy (non-hydrogen) atoms. The Morgan fingerprint density at radius 1 is 1.33 bits per heavy atom. The molecule has 1 heterocycles. The minimum absolute atomic E-state index is 0. The molecule has 2 rings (SSSR count). The van der Waals surface area contributed by atoms with E-state index in [-0.39, 0.29) is 19.0 Å². The summed E-state index contributed by atoms with van der Waals surface area (Å²) < 4.78 is 1.10. The SMILES string of the molecule is Cl.OCC[C@H](c1cccc(Br)c1)N1CCNCC1. The van der Waals surface area contributed by atoms with Gasteiger partial charge in [-0.25, -0.2) is 0 Å². The molecule has 0 spiro atoms. The number of nitrogens with zero attached hydrogens (tertiary/aromatic N) is 1. The summed E-state index contributed by atoms with van der Waals surface area (Å²) in [5.41, 5.74) is 1.29. The van der Waals surface area contributed by atoms with Crippen LogP contribution in [0.1, 0.15) is 18.0 Å². The second kappa shape index (κ2) is 8.12. The first-order chi connectivity index (χ1) is 8.31. The second-order valence-electron chi connectivity index (χ2n) is 4.37. The third-order valence-corrected chi connectivity index (χ3v) is 3.72. The van der Waals surface area contributed by atoms with Crippen LogP contribution < -0.4 is 5.32 Å². The van der Waals surface area contributed by atoms with E-state index < -0.39 is 0 Å². The molecule has 0 aromatic heterocycles. The number of benzene rings is 1. The molecule has 1 aromatic carbocycles. The molecule has 1 aliphatic heterocycles. The van der Waals surface area contributed by atoms with Crippen molar-refractivity contribution in [1.82, 2.24) is 10.2 Å². The number of hydrogen-bond donors (Lipinski definition) is 2. The first kappa shape index (κ1) is 15.9.